The lowest BCUT2D eigenvalue weighted by molar-refractivity contribution is 0.396. The van der Waals surface area contributed by atoms with E-state index in [0.717, 1.165) is 12.0 Å². The molecule has 0 radical (unpaired) electrons. The highest BCUT2D eigenvalue weighted by atomic mass is 35.5. The molecular weight excluding hydrogens is 212 g/mol. The number of halogens is 1. The molecule has 1 aromatic rings. The van der Waals surface area contributed by atoms with E-state index in [1.807, 2.05) is 12.1 Å². The molecule has 1 rings (SSSR count). The zero-order valence-electron chi connectivity index (χ0n) is 9.43. The van der Waals surface area contributed by atoms with E-state index in [1.165, 1.54) is 0 Å². The van der Waals surface area contributed by atoms with E-state index in [2.05, 4.69) is 18.8 Å². The Morgan fingerprint density at radius 3 is 2.53 bits per heavy atom. The van der Waals surface area contributed by atoms with Gasteiger partial charge in [0.1, 0.15) is 0 Å². The first-order valence-corrected chi connectivity index (χ1v) is 4.94. The van der Waals surface area contributed by atoms with Crippen molar-refractivity contribution in [3.8, 4) is 5.88 Å². The third kappa shape index (κ3) is 3.68. The van der Waals surface area contributed by atoms with E-state index < -0.39 is 0 Å². The molecule has 0 saturated carbocycles. The van der Waals surface area contributed by atoms with E-state index >= 15 is 0 Å². The van der Waals surface area contributed by atoms with Gasteiger partial charge in [-0.1, -0.05) is 26.3 Å². The quantitative estimate of drug-likeness (QED) is 0.865. The van der Waals surface area contributed by atoms with Gasteiger partial charge in [0, 0.05) is 18.3 Å². The first kappa shape index (κ1) is 14.2. The maximum Gasteiger partial charge on any atom is 0.212 e. The summed E-state index contributed by atoms with van der Waals surface area (Å²) in [6.07, 6.45) is 2.86. The number of ether oxygens (including phenoxy) is 1. The van der Waals surface area contributed by atoms with Crippen LogP contribution in [0.3, 0.4) is 0 Å². The van der Waals surface area contributed by atoms with E-state index in [-0.39, 0.29) is 18.4 Å². The predicted octanol–water partition coefficient (Wildman–Crippen LogP) is 2.56. The molecule has 0 aliphatic heterocycles. The van der Waals surface area contributed by atoms with Gasteiger partial charge in [-0.2, -0.15) is 0 Å². The number of hydrogen-bond acceptors (Lipinski definition) is 3. The molecule has 2 N–H and O–H groups in total. The van der Waals surface area contributed by atoms with Gasteiger partial charge in [-0.3, -0.25) is 0 Å². The van der Waals surface area contributed by atoms with Gasteiger partial charge in [0.25, 0.3) is 0 Å². The highest BCUT2D eigenvalue weighted by molar-refractivity contribution is 5.85. The van der Waals surface area contributed by atoms with Crippen LogP contribution in [0.1, 0.15) is 31.9 Å². The summed E-state index contributed by atoms with van der Waals surface area (Å²) in [4.78, 5) is 4.13. The summed E-state index contributed by atoms with van der Waals surface area (Å²) in [6, 6.07) is 3.89. The Kier molecular flexibility index (Phi) is 6.29. The van der Waals surface area contributed by atoms with Crippen molar-refractivity contribution in [2.24, 2.45) is 11.7 Å². The normalized spacial score (nSPS) is 13.9. The lowest BCUT2D eigenvalue weighted by atomic mass is 9.95. The third-order valence-electron chi connectivity index (χ3n) is 2.61. The summed E-state index contributed by atoms with van der Waals surface area (Å²) in [7, 11) is 1.61. The fourth-order valence-corrected chi connectivity index (χ4v) is 1.29. The highest BCUT2D eigenvalue weighted by Gasteiger charge is 2.13. The molecule has 1 heterocycles. The summed E-state index contributed by atoms with van der Waals surface area (Å²) in [6.45, 7) is 4.29. The summed E-state index contributed by atoms with van der Waals surface area (Å²) in [5.74, 6) is 1.11. The third-order valence-corrected chi connectivity index (χ3v) is 2.61. The molecule has 15 heavy (non-hydrogen) atoms. The van der Waals surface area contributed by atoms with E-state index in [1.54, 1.807) is 13.3 Å². The van der Waals surface area contributed by atoms with Crippen LogP contribution in [-0.2, 0) is 0 Å². The minimum absolute atomic E-state index is 0. The summed E-state index contributed by atoms with van der Waals surface area (Å²) >= 11 is 0. The molecule has 1 unspecified atom stereocenters. The Balaban J connectivity index is 0.00000196. The number of rotatable bonds is 4. The Hall–Kier alpha value is -0.800. The molecule has 2 atom stereocenters. The van der Waals surface area contributed by atoms with Crippen LogP contribution < -0.4 is 10.5 Å². The first-order chi connectivity index (χ1) is 6.69. The maximum atomic E-state index is 6.06. The summed E-state index contributed by atoms with van der Waals surface area (Å²) in [5, 5.41) is 0. The number of nitrogens with zero attached hydrogens (tertiary/aromatic N) is 1. The van der Waals surface area contributed by atoms with Gasteiger partial charge in [-0.15, -0.1) is 12.4 Å². The Labute approximate surface area is 97.4 Å². The molecule has 0 fully saturated rings. The molecule has 1 aromatic heterocycles. The monoisotopic (exact) mass is 230 g/mol. The van der Waals surface area contributed by atoms with Crippen LogP contribution in [0.25, 0.3) is 0 Å². The number of hydrogen-bond donors (Lipinski definition) is 1. The largest absolute Gasteiger partial charge is 0.481 e. The number of nitrogens with two attached hydrogens (primary N) is 1. The second-order valence-electron chi connectivity index (χ2n) is 3.55. The summed E-state index contributed by atoms with van der Waals surface area (Å²) in [5.41, 5.74) is 7.13. The average molecular weight is 231 g/mol. The van der Waals surface area contributed by atoms with Gasteiger partial charge >= 0.3 is 0 Å². The van der Waals surface area contributed by atoms with E-state index in [0.29, 0.717) is 11.8 Å². The molecule has 0 aliphatic carbocycles. The van der Waals surface area contributed by atoms with Crippen LogP contribution in [0.4, 0.5) is 0 Å². The zero-order chi connectivity index (χ0) is 10.6. The van der Waals surface area contributed by atoms with Gasteiger partial charge in [-0.05, 0) is 11.5 Å². The number of aromatic nitrogens is 1. The van der Waals surface area contributed by atoms with Gasteiger partial charge in [0.15, 0.2) is 0 Å². The molecular formula is C11H19ClN2O. The smallest absolute Gasteiger partial charge is 0.212 e. The van der Waals surface area contributed by atoms with Crippen molar-refractivity contribution in [3.63, 3.8) is 0 Å². The van der Waals surface area contributed by atoms with Crippen LogP contribution in [-0.4, -0.2) is 12.1 Å². The van der Waals surface area contributed by atoms with Crippen molar-refractivity contribution in [3.05, 3.63) is 23.9 Å². The zero-order valence-corrected chi connectivity index (χ0v) is 10.3. The Bertz CT molecular complexity index is 276. The predicted molar refractivity (Wildman–Crippen MR) is 64.4 cm³/mol. The standard InChI is InChI=1S/C11H18N2O.ClH/c1-4-8(2)11(12)9-5-6-10(14-3)13-7-9;/h5-8,11H,4,12H2,1-3H3;1H/t8?,11-;/m0./s1. The molecule has 0 aromatic carbocycles. The van der Waals surface area contributed by atoms with Crippen molar-refractivity contribution in [2.45, 2.75) is 26.3 Å². The summed E-state index contributed by atoms with van der Waals surface area (Å²) < 4.78 is 4.98. The van der Waals surface area contributed by atoms with Crippen LogP contribution in [0, 0.1) is 5.92 Å². The highest BCUT2D eigenvalue weighted by Crippen LogP contribution is 2.21. The number of pyridine rings is 1. The van der Waals surface area contributed by atoms with Gasteiger partial charge in [0.05, 0.1) is 7.11 Å². The minimum Gasteiger partial charge on any atom is -0.481 e. The van der Waals surface area contributed by atoms with Gasteiger partial charge in [-0.25, -0.2) is 4.98 Å². The number of methoxy groups -OCH3 is 1. The van der Waals surface area contributed by atoms with Crippen molar-refractivity contribution in [2.75, 3.05) is 7.11 Å². The Morgan fingerprint density at radius 2 is 2.13 bits per heavy atom. The molecule has 0 amide bonds. The fraction of sp³-hybridized carbons (Fsp3) is 0.545. The second kappa shape index (κ2) is 6.64. The lowest BCUT2D eigenvalue weighted by Crippen LogP contribution is -2.18. The van der Waals surface area contributed by atoms with Crippen molar-refractivity contribution >= 4 is 12.4 Å². The minimum atomic E-state index is 0. The maximum absolute atomic E-state index is 6.06. The van der Waals surface area contributed by atoms with Crippen LogP contribution >= 0.6 is 12.4 Å². The molecule has 0 saturated heterocycles. The van der Waals surface area contributed by atoms with Crippen LogP contribution in [0.15, 0.2) is 18.3 Å². The molecule has 0 spiro atoms. The van der Waals surface area contributed by atoms with Crippen molar-refractivity contribution in [1.82, 2.24) is 4.98 Å². The van der Waals surface area contributed by atoms with E-state index in [4.69, 9.17) is 10.5 Å². The first-order valence-electron chi connectivity index (χ1n) is 4.94. The molecule has 0 aliphatic rings. The van der Waals surface area contributed by atoms with Crippen LogP contribution in [0.2, 0.25) is 0 Å². The lowest BCUT2D eigenvalue weighted by Gasteiger charge is -2.18. The van der Waals surface area contributed by atoms with Crippen molar-refractivity contribution < 1.29 is 4.74 Å². The molecule has 86 valence electrons. The molecule has 3 nitrogen and oxygen atoms in total. The van der Waals surface area contributed by atoms with Gasteiger partial charge in [0.2, 0.25) is 5.88 Å². The van der Waals surface area contributed by atoms with Crippen molar-refractivity contribution in [1.29, 1.82) is 0 Å². The second-order valence-corrected chi connectivity index (χ2v) is 3.55. The van der Waals surface area contributed by atoms with Gasteiger partial charge < -0.3 is 10.5 Å². The van der Waals surface area contributed by atoms with E-state index in [9.17, 15) is 0 Å². The SMILES string of the molecule is CCC(C)[C@H](N)c1ccc(OC)nc1.Cl. The fourth-order valence-electron chi connectivity index (χ4n) is 1.29. The van der Waals surface area contributed by atoms with Crippen LogP contribution in [0.5, 0.6) is 5.88 Å². The molecule has 4 heteroatoms. The average Bonchev–Trinajstić information content (AvgIpc) is 2.27. The molecule has 0 bridgehead atoms. The topological polar surface area (TPSA) is 48.1 Å². The Morgan fingerprint density at radius 1 is 1.47 bits per heavy atom.